The Kier molecular flexibility index (Phi) is 1.77. The lowest BCUT2D eigenvalue weighted by atomic mass is 10.2. The van der Waals surface area contributed by atoms with Crippen LogP contribution in [-0.4, -0.2) is 9.78 Å². The summed E-state index contributed by atoms with van der Waals surface area (Å²) in [5.74, 6) is 0.560. The molecule has 0 spiro atoms. The van der Waals surface area contributed by atoms with E-state index in [1.165, 1.54) is 0 Å². The lowest BCUT2D eigenvalue weighted by molar-refractivity contribution is 0.780. The van der Waals surface area contributed by atoms with E-state index in [-0.39, 0.29) is 0 Å². The zero-order valence-corrected chi connectivity index (χ0v) is 7.54. The number of aromatic nitrogens is 2. The highest BCUT2D eigenvalue weighted by atomic mass is 35.5. The molecule has 2 aromatic rings. The summed E-state index contributed by atoms with van der Waals surface area (Å²) in [4.78, 5) is 0. The van der Waals surface area contributed by atoms with Crippen molar-refractivity contribution in [2.45, 2.75) is 5.88 Å². The third kappa shape index (κ3) is 1.18. The van der Waals surface area contributed by atoms with Gasteiger partial charge < -0.3 is 0 Å². The van der Waals surface area contributed by atoms with Gasteiger partial charge >= 0.3 is 0 Å². The number of aryl methyl sites for hydroxylation is 1. The van der Waals surface area contributed by atoms with Gasteiger partial charge in [-0.25, -0.2) is 0 Å². The fraction of sp³-hybridized carbons (Fsp3) is 0.222. The summed E-state index contributed by atoms with van der Waals surface area (Å²) < 4.78 is 1.81. The number of hydrogen-bond donors (Lipinski definition) is 0. The number of nitrogens with zero attached hydrogens (tertiary/aromatic N) is 2. The van der Waals surface area contributed by atoms with E-state index in [0.717, 1.165) is 16.5 Å². The van der Waals surface area contributed by atoms with Crippen molar-refractivity contribution in [2.75, 3.05) is 0 Å². The van der Waals surface area contributed by atoms with E-state index in [4.69, 9.17) is 11.6 Å². The molecule has 0 saturated carbocycles. The topological polar surface area (TPSA) is 17.8 Å². The zero-order chi connectivity index (χ0) is 8.55. The Morgan fingerprint density at radius 1 is 1.50 bits per heavy atom. The van der Waals surface area contributed by atoms with Gasteiger partial charge in [-0.1, -0.05) is 6.07 Å². The van der Waals surface area contributed by atoms with Crippen molar-refractivity contribution in [1.82, 2.24) is 9.78 Å². The molecule has 0 N–H and O–H groups in total. The SMILES string of the molecule is Cn1cc2cc(CCl)ccc2n1. The van der Waals surface area contributed by atoms with E-state index in [1.807, 2.05) is 30.1 Å². The van der Waals surface area contributed by atoms with Gasteiger partial charge in [0.05, 0.1) is 5.52 Å². The monoisotopic (exact) mass is 180 g/mol. The Labute approximate surface area is 75.8 Å². The lowest BCUT2D eigenvalue weighted by Gasteiger charge is -1.92. The Balaban J connectivity index is 2.66. The van der Waals surface area contributed by atoms with Crippen molar-refractivity contribution >= 4 is 22.5 Å². The van der Waals surface area contributed by atoms with Crippen LogP contribution in [0.1, 0.15) is 5.56 Å². The van der Waals surface area contributed by atoms with Crippen molar-refractivity contribution in [1.29, 1.82) is 0 Å². The molecule has 0 unspecified atom stereocenters. The summed E-state index contributed by atoms with van der Waals surface area (Å²) in [5.41, 5.74) is 2.16. The molecule has 12 heavy (non-hydrogen) atoms. The molecule has 0 bridgehead atoms. The third-order valence-corrected chi connectivity index (χ3v) is 2.15. The van der Waals surface area contributed by atoms with Gasteiger partial charge in [-0.05, 0) is 17.7 Å². The second-order valence-electron chi connectivity index (χ2n) is 2.83. The maximum atomic E-state index is 5.71. The van der Waals surface area contributed by atoms with Crippen LogP contribution < -0.4 is 0 Å². The number of alkyl halides is 1. The average molecular weight is 181 g/mol. The van der Waals surface area contributed by atoms with Crippen LogP contribution in [0.3, 0.4) is 0 Å². The molecule has 0 aliphatic heterocycles. The summed E-state index contributed by atoms with van der Waals surface area (Å²) in [6.45, 7) is 0. The van der Waals surface area contributed by atoms with E-state index < -0.39 is 0 Å². The van der Waals surface area contributed by atoms with Crippen molar-refractivity contribution < 1.29 is 0 Å². The molecule has 2 nitrogen and oxygen atoms in total. The lowest BCUT2D eigenvalue weighted by Crippen LogP contribution is -1.84. The predicted molar refractivity (Wildman–Crippen MR) is 50.3 cm³/mol. The molecule has 3 heteroatoms. The number of fused-ring (bicyclic) bond motifs is 1. The number of rotatable bonds is 1. The van der Waals surface area contributed by atoms with Crippen LogP contribution >= 0.6 is 11.6 Å². The van der Waals surface area contributed by atoms with Gasteiger partial charge in [0.25, 0.3) is 0 Å². The maximum absolute atomic E-state index is 5.71. The fourth-order valence-electron chi connectivity index (χ4n) is 1.28. The van der Waals surface area contributed by atoms with Crippen molar-refractivity contribution in [2.24, 2.45) is 7.05 Å². The molecule has 0 fully saturated rings. The molecule has 0 saturated heterocycles. The number of hydrogen-bond acceptors (Lipinski definition) is 1. The van der Waals surface area contributed by atoms with E-state index in [2.05, 4.69) is 11.2 Å². The first kappa shape index (κ1) is 7.62. The standard InChI is InChI=1S/C9H9ClN2/c1-12-6-8-4-7(5-10)2-3-9(8)11-12/h2-4,6H,5H2,1H3. The molecular formula is C9H9ClN2. The summed E-state index contributed by atoms with van der Waals surface area (Å²) in [7, 11) is 1.92. The van der Waals surface area contributed by atoms with Crippen LogP contribution in [0.2, 0.25) is 0 Å². The summed E-state index contributed by atoms with van der Waals surface area (Å²) in [5, 5.41) is 5.41. The second-order valence-corrected chi connectivity index (χ2v) is 3.10. The first-order valence-corrected chi connectivity index (χ1v) is 4.31. The van der Waals surface area contributed by atoms with Gasteiger partial charge in [0, 0.05) is 24.5 Å². The molecule has 0 aliphatic rings. The van der Waals surface area contributed by atoms with Crippen LogP contribution in [0.5, 0.6) is 0 Å². The number of benzene rings is 1. The molecule has 1 aromatic heterocycles. The van der Waals surface area contributed by atoms with Gasteiger partial charge in [0.2, 0.25) is 0 Å². The smallest absolute Gasteiger partial charge is 0.0923 e. The van der Waals surface area contributed by atoms with Gasteiger partial charge in [-0.15, -0.1) is 11.6 Å². The Hall–Kier alpha value is -1.02. The highest BCUT2D eigenvalue weighted by Crippen LogP contribution is 2.14. The van der Waals surface area contributed by atoms with Crippen LogP contribution in [0.4, 0.5) is 0 Å². The van der Waals surface area contributed by atoms with Crippen molar-refractivity contribution in [3.05, 3.63) is 30.0 Å². The van der Waals surface area contributed by atoms with Crippen LogP contribution in [-0.2, 0) is 12.9 Å². The summed E-state index contributed by atoms with van der Waals surface area (Å²) >= 11 is 5.71. The van der Waals surface area contributed by atoms with Crippen LogP contribution in [0, 0.1) is 0 Å². The first-order valence-electron chi connectivity index (χ1n) is 3.78. The normalized spacial score (nSPS) is 10.8. The van der Waals surface area contributed by atoms with E-state index in [0.29, 0.717) is 5.88 Å². The van der Waals surface area contributed by atoms with E-state index >= 15 is 0 Å². The highest BCUT2D eigenvalue weighted by Gasteiger charge is 1.98. The Morgan fingerprint density at radius 3 is 3.08 bits per heavy atom. The zero-order valence-electron chi connectivity index (χ0n) is 6.79. The van der Waals surface area contributed by atoms with Gasteiger partial charge in [0.15, 0.2) is 0 Å². The molecular weight excluding hydrogens is 172 g/mol. The predicted octanol–water partition coefficient (Wildman–Crippen LogP) is 2.31. The van der Waals surface area contributed by atoms with E-state index in [9.17, 15) is 0 Å². The fourth-order valence-corrected chi connectivity index (χ4v) is 1.45. The Bertz CT molecular complexity index is 406. The molecule has 0 amide bonds. The number of halogens is 1. The Morgan fingerprint density at radius 2 is 2.33 bits per heavy atom. The molecule has 1 aromatic carbocycles. The van der Waals surface area contributed by atoms with Crippen molar-refractivity contribution in [3.63, 3.8) is 0 Å². The second kappa shape index (κ2) is 2.79. The minimum absolute atomic E-state index is 0.560. The summed E-state index contributed by atoms with van der Waals surface area (Å²) in [6, 6.07) is 6.06. The molecule has 62 valence electrons. The van der Waals surface area contributed by atoms with Crippen LogP contribution in [0.25, 0.3) is 10.9 Å². The minimum atomic E-state index is 0.560. The van der Waals surface area contributed by atoms with Gasteiger partial charge in [0.1, 0.15) is 0 Å². The molecule has 2 rings (SSSR count). The largest absolute Gasteiger partial charge is 0.275 e. The first-order chi connectivity index (χ1) is 5.79. The average Bonchev–Trinajstić information content (AvgIpc) is 2.43. The van der Waals surface area contributed by atoms with Crippen molar-refractivity contribution in [3.8, 4) is 0 Å². The quantitative estimate of drug-likeness (QED) is 0.616. The van der Waals surface area contributed by atoms with Gasteiger partial charge in [-0.2, -0.15) is 5.10 Å². The molecule has 0 aliphatic carbocycles. The van der Waals surface area contributed by atoms with E-state index in [1.54, 1.807) is 0 Å². The molecule has 0 atom stereocenters. The minimum Gasteiger partial charge on any atom is -0.275 e. The molecule has 0 radical (unpaired) electrons. The van der Waals surface area contributed by atoms with Crippen LogP contribution in [0.15, 0.2) is 24.4 Å². The maximum Gasteiger partial charge on any atom is 0.0923 e. The highest BCUT2D eigenvalue weighted by molar-refractivity contribution is 6.17. The summed E-state index contributed by atoms with van der Waals surface area (Å²) in [6.07, 6.45) is 1.99. The van der Waals surface area contributed by atoms with Gasteiger partial charge in [-0.3, -0.25) is 4.68 Å². The molecule has 1 heterocycles. The third-order valence-electron chi connectivity index (χ3n) is 1.84.